The SMILES string of the molecule is C[C@]12CCc3nc(NN4CCNCC4)sc3C1=CC[C@@H]1[C@@H]2CC[C@]2(C)/C(=N/NC(N)=O)CC[C@@H]12. The summed E-state index contributed by atoms with van der Waals surface area (Å²) in [6.07, 6.45) is 10.5. The molecule has 1 saturated heterocycles. The highest BCUT2D eigenvalue weighted by molar-refractivity contribution is 7.16. The third kappa shape index (κ3) is 3.50. The van der Waals surface area contributed by atoms with Gasteiger partial charge in [0.1, 0.15) is 0 Å². The van der Waals surface area contributed by atoms with E-state index in [2.05, 4.69) is 46.2 Å². The van der Waals surface area contributed by atoms with Crippen molar-refractivity contribution < 1.29 is 4.79 Å². The maximum atomic E-state index is 11.2. The Labute approximate surface area is 205 Å². The topological polar surface area (TPSA) is 108 Å². The molecule has 1 aromatic heterocycles. The molecular weight excluding hydrogens is 446 g/mol. The molecule has 5 N–H and O–H groups in total. The molecule has 2 amide bonds. The zero-order valence-electron chi connectivity index (χ0n) is 20.3. The molecule has 1 aromatic rings. The zero-order valence-corrected chi connectivity index (χ0v) is 21.1. The van der Waals surface area contributed by atoms with Crippen LogP contribution < -0.4 is 21.9 Å². The van der Waals surface area contributed by atoms with Gasteiger partial charge in [-0.15, -0.1) is 0 Å². The molecule has 2 saturated carbocycles. The summed E-state index contributed by atoms with van der Waals surface area (Å²) in [4.78, 5) is 17.7. The Morgan fingerprint density at radius 3 is 2.79 bits per heavy atom. The molecule has 0 bridgehead atoms. The highest BCUT2D eigenvalue weighted by atomic mass is 32.1. The molecule has 184 valence electrons. The first-order chi connectivity index (χ1) is 16.4. The second-order valence-corrected chi connectivity index (χ2v) is 12.3. The lowest BCUT2D eigenvalue weighted by Crippen LogP contribution is -2.49. The van der Waals surface area contributed by atoms with Gasteiger partial charge >= 0.3 is 6.03 Å². The number of anilines is 1. The van der Waals surface area contributed by atoms with Crippen LogP contribution in [0.15, 0.2) is 11.2 Å². The van der Waals surface area contributed by atoms with Crippen molar-refractivity contribution in [3.63, 3.8) is 0 Å². The molecule has 5 atom stereocenters. The number of hydrazone groups is 1. The lowest BCUT2D eigenvalue weighted by atomic mass is 9.48. The van der Waals surface area contributed by atoms with Gasteiger partial charge in [-0.05, 0) is 73.7 Å². The second kappa shape index (κ2) is 8.31. The Hall–Kier alpha value is -1.97. The van der Waals surface area contributed by atoms with Crippen LogP contribution in [-0.4, -0.2) is 47.9 Å². The van der Waals surface area contributed by atoms with E-state index in [4.69, 9.17) is 10.7 Å². The molecule has 4 aliphatic carbocycles. The highest BCUT2D eigenvalue weighted by Crippen LogP contribution is 2.65. The Bertz CT molecular complexity index is 1040. The smallest absolute Gasteiger partial charge is 0.332 e. The fraction of sp³-hybridized carbons (Fsp3) is 0.720. The number of rotatable bonds is 3. The summed E-state index contributed by atoms with van der Waals surface area (Å²) >= 11 is 1.86. The number of nitrogens with one attached hydrogen (secondary N) is 3. The molecule has 3 fully saturated rings. The Kier molecular flexibility index (Phi) is 5.50. The van der Waals surface area contributed by atoms with E-state index in [1.165, 1.54) is 29.8 Å². The summed E-state index contributed by atoms with van der Waals surface area (Å²) in [7, 11) is 0. The minimum Gasteiger partial charge on any atom is -0.350 e. The number of hydrazine groups is 1. The molecule has 34 heavy (non-hydrogen) atoms. The normalized spacial score (nSPS) is 38.4. The van der Waals surface area contributed by atoms with Crippen LogP contribution >= 0.6 is 11.3 Å². The number of fused-ring (bicyclic) bond motifs is 7. The number of hydrogen-bond donors (Lipinski definition) is 4. The van der Waals surface area contributed by atoms with Crippen molar-refractivity contribution in [3.05, 3.63) is 16.6 Å². The Morgan fingerprint density at radius 2 is 2.00 bits per heavy atom. The average molecular weight is 484 g/mol. The number of hydrogen-bond acceptors (Lipinski definition) is 7. The van der Waals surface area contributed by atoms with Crippen molar-refractivity contribution in [1.82, 2.24) is 20.7 Å². The van der Waals surface area contributed by atoms with Gasteiger partial charge in [-0.1, -0.05) is 31.3 Å². The zero-order chi connectivity index (χ0) is 23.5. The first-order valence-corrected chi connectivity index (χ1v) is 13.8. The molecule has 1 aliphatic heterocycles. The standard InChI is InChI=1S/C25H37N7OS/c1-24-10-8-19-21(34-23(28-19)31-32-13-11-27-12-14-32)18(24)4-3-15-16-5-6-20(29-30-22(26)33)25(16,2)9-7-17(15)24/h4,15-17,27H,3,5-14H2,1-2H3,(H,28,31)(H3,26,30,33)/b29-20+/t15-,16-,17-,24+,25-/m0/s1. The van der Waals surface area contributed by atoms with E-state index in [0.29, 0.717) is 17.8 Å². The van der Waals surface area contributed by atoms with Crippen molar-refractivity contribution in [2.75, 3.05) is 31.6 Å². The van der Waals surface area contributed by atoms with E-state index < -0.39 is 6.03 Å². The molecule has 0 spiro atoms. The van der Waals surface area contributed by atoms with Crippen molar-refractivity contribution in [3.8, 4) is 0 Å². The third-order valence-electron chi connectivity index (χ3n) is 9.70. The van der Waals surface area contributed by atoms with Gasteiger partial charge in [0.2, 0.25) is 0 Å². The van der Waals surface area contributed by atoms with Crippen molar-refractivity contribution in [1.29, 1.82) is 0 Å². The van der Waals surface area contributed by atoms with E-state index >= 15 is 0 Å². The Morgan fingerprint density at radius 1 is 1.21 bits per heavy atom. The lowest BCUT2D eigenvalue weighted by Gasteiger charge is -2.56. The summed E-state index contributed by atoms with van der Waals surface area (Å²) in [6, 6.07) is -0.570. The number of amides is 2. The van der Waals surface area contributed by atoms with Crippen LogP contribution in [0, 0.1) is 28.6 Å². The van der Waals surface area contributed by atoms with Gasteiger partial charge in [-0.25, -0.2) is 20.2 Å². The predicted octanol–water partition coefficient (Wildman–Crippen LogP) is 3.58. The number of primary amides is 1. The molecule has 8 nitrogen and oxygen atoms in total. The molecule has 0 unspecified atom stereocenters. The molecule has 6 rings (SSSR count). The van der Waals surface area contributed by atoms with Gasteiger partial charge in [0, 0.05) is 37.3 Å². The number of carbonyl (C=O) groups is 1. The highest BCUT2D eigenvalue weighted by Gasteiger charge is 2.58. The van der Waals surface area contributed by atoms with Crippen molar-refractivity contribution in [2.24, 2.45) is 39.4 Å². The quantitative estimate of drug-likeness (QED) is 0.492. The first kappa shape index (κ1) is 22.5. The molecule has 0 aromatic carbocycles. The second-order valence-electron chi connectivity index (χ2n) is 11.3. The first-order valence-electron chi connectivity index (χ1n) is 12.9. The van der Waals surface area contributed by atoms with E-state index in [1.54, 1.807) is 5.57 Å². The lowest BCUT2D eigenvalue weighted by molar-refractivity contribution is 0.0116. The van der Waals surface area contributed by atoms with Crippen LogP contribution in [-0.2, 0) is 6.42 Å². The number of allylic oxidation sites excluding steroid dienone is 2. The van der Waals surface area contributed by atoms with Gasteiger partial charge < -0.3 is 11.1 Å². The number of piperazine rings is 1. The number of thiazole rings is 1. The molecule has 2 heterocycles. The Balaban J connectivity index is 1.26. The van der Waals surface area contributed by atoms with Crippen molar-refractivity contribution >= 4 is 33.8 Å². The third-order valence-corrected chi connectivity index (χ3v) is 10.7. The van der Waals surface area contributed by atoms with Crippen LogP contribution in [0.1, 0.15) is 62.9 Å². The summed E-state index contributed by atoms with van der Waals surface area (Å²) in [5.41, 5.74) is 15.7. The summed E-state index contributed by atoms with van der Waals surface area (Å²) in [5, 5.41) is 11.2. The van der Waals surface area contributed by atoms with Crippen molar-refractivity contribution in [2.45, 2.75) is 58.8 Å². The fourth-order valence-corrected chi connectivity index (χ4v) is 9.15. The summed E-state index contributed by atoms with van der Waals surface area (Å²) in [5.74, 6) is 2.01. The molecule has 0 radical (unpaired) electrons. The molecule has 5 aliphatic rings. The molecule has 9 heteroatoms. The summed E-state index contributed by atoms with van der Waals surface area (Å²) in [6.45, 7) is 8.97. The maximum absolute atomic E-state index is 11.2. The van der Waals surface area contributed by atoms with Crippen LogP contribution in [0.25, 0.3) is 5.57 Å². The number of aryl methyl sites for hydroxylation is 1. The van der Waals surface area contributed by atoms with Crippen LogP contribution in [0.4, 0.5) is 9.93 Å². The number of carbonyl (C=O) groups excluding carboxylic acids is 1. The fourth-order valence-electron chi connectivity index (χ4n) is 7.93. The van der Waals surface area contributed by atoms with Crippen LogP contribution in [0.3, 0.4) is 0 Å². The van der Waals surface area contributed by atoms with Gasteiger partial charge in [0.05, 0.1) is 10.6 Å². The van der Waals surface area contributed by atoms with E-state index in [-0.39, 0.29) is 10.8 Å². The summed E-state index contributed by atoms with van der Waals surface area (Å²) < 4.78 is 0. The van der Waals surface area contributed by atoms with Gasteiger partial charge in [-0.2, -0.15) is 5.10 Å². The minimum atomic E-state index is -0.570. The number of aromatic nitrogens is 1. The monoisotopic (exact) mass is 483 g/mol. The van der Waals surface area contributed by atoms with Gasteiger partial charge in [0.25, 0.3) is 0 Å². The van der Waals surface area contributed by atoms with Crippen LogP contribution in [0.2, 0.25) is 0 Å². The number of urea groups is 1. The van der Waals surface area contributed by atoms with Gasteiger partial charge in [-0.3, -0.25) is 5.43 Å². The average Bonchev–Trinajstić information content (AvgIpc) is 3.38. The maximum Gasteiger partial charge on any atom is 0.332 e. The molecular formula is C25H37N7OS. The van der Waals surface area contributed by atoms with E-state index in [1.807, 2.05) is 11.3 Å². The van der Waals surface area contributed by atoms with E-state index in [9.17, 15) is 4.79 Å². The number of nitrogens with zero attached hydrogens (tertiary/aromatic N) is 3. The van der Waals surface area contributed by atoms with E-state index in [0.717, 1.165) is 62.7 Å². The minimum absolute atomic E-state index is 0.0794. The van der Waals surface area contributed by atoms with Crippen LogP contribution in [0.5, 0.6) is 0 Å². The predicted molar refractivity (Wildman–Crippen MR) is 136 cm³/mol. The largest absolute Gasteiger partial charge is 0.350 e. The van der Waals surface area contributed by atoms with Gasteiger partial charge in [0.15, 0.2) is 5.13 Å². The number of nitrogens with two attached hydrogens (primary N) is 1.